The number of oxime groups is 1. The van der Waals surface area contributed by atoms with Crippen LogP contribution >= 0.6 is 0 Å². The number of carbonyl (C=O) groups excluding carboxylic acids is 1. The summed E-state index contributed by atoms with van der Waals surface area (Å²) in [4.78, 5) is 19.7. The van der Waals surface area contributed by atoms with Crippen LogP contribution in [0.3, 0.4) is 0 Å². The van der Waals surface area contributed by atoms with Crippen molar-refractivity contribution < 1.29 is 9.63 Å². The quantitative estimate of drug-likeness (QED) is 0.379. The van der Waals surface area contributed by atoms with Crippen LogP contribution in [0, 0.1) is 13.8 Å². The molecule has 1 aliphatic heterocycles. The van der Waals surface area contributed by atoms with E-state index in [9.17, 15) is 4.79 Å². The Balaban J connectivity index is 1.39. The average molecular weight is 418 g/mol. The molecule has 1 aromatic heterocycles. The Labute approximate surface area is 182 Å². The minimum absolute atomic E-state index is 0.123. The first kappa shape index (κ1) is 20.7. The van der Waals surface area contributed by atoms with Crippen LogP contribution in [-0.4, -0.2) is 34.7 Å². The third-order valence-corrected chi connectivity index (χ3v) is 5.42. The molecule has 4 rings (SSSR count). The first-order valence-electron chi connectivity index (χ1n) is 10.5. The molecule has 0 unspecified atom stereocenters. The Kier molecular flexibility index (Phi) is 6.02. The smallest absolute Gasteiger partial charge is 0.267 e. The van der Waals surface area contributed by atoms with Gasteiger partial charge in [0.15, 0.2) is 12.4 Å². The van der Waals surface area contributed by atoms with Crippen molar-refractivity contribution in [3.05, 3.63) is 82.7 Å². The third-order valence-electron chi connectivity index (χ3n) is 5.42. The second-order valence-electron chi connectivity index (χ2n) is 7.81. The summed E-state index contributed by atoms with van der Waals surface area (Å²) in [5, 5.41) is 8.48. The van der Waals surface area contributed by atoms with Gasteiger partial charge in [-0.2, -0.15) is 5.10 Å². The summed E-state index contributed by atoms with van der Waals surface area (Å²) in [6.45, 7) is 5.19. The first-order valence-corrected chi connectivity index (χ1v) is 10.5. The van der Waals surface area contributed by atoms with Gasteiger partial charge in [0.2, 0.25) is 0 Å². The topological polar surface area (TPSA) is 85.7 Å². The number of aryl methyl sites for hydroxylation is 3. The van der Waals surface area contributed by atoms with Crippen molar-refractivity contribution in [3.8, 4) is 0 Å². The molecular formula is C24H27N5O2. The van der Waals surface area contributed by atoms with Gasteiger partial charge in [-0.25, -0.2) is 0 Å². The van der Waals surface area contributed by atoms with Gasteiger partial charge >= 0.3 is 0 Å². The number of nitrogens with zero attached hydrogens (tertiary/aromatic N) is 4. The molecule has 0 atom stereocenters. The van der Waals surface area contributed by atoms with E-state index in [4.69, 9.17) is 10.6 Å². The molecule has 0 saturated carbocycles. The SMILES string of the molecule is Cc1cc(C)n(Cc2cccc(/C(N)=N/OCC(=O)N3CCCc4ccccc43)c2)n1. The van der Waals surface area contributed by atoms with Crippen molar-refractivity contribution in [1.29, 1.82) is 0 Å². The molecule has 1 aliphatic rings. The number of anilines is 1. The van der Waals surface area contributed by atoms with E-state index in [1.54, 1.807) is 4.90 Å². The lowest BCUT2D eigenvalue weighted by Gasteiger charge is -2.28. The zero-order valence-electron chi connectivity index (χ0n) is 17.9. The largest absolute Gasteiger partial charge is 0.384 e. The lowest BCUT2D eigenvalue weighted by atomic mass is 10.0. The normalized spacial score (nSPS) is 13.7. The highest BCUT2D eigenvalue weighted by molar-refractivity contribution is 5.98. The fraction of sp³-hybridized carbons (Fsp3) is 0.292. The highest BCUT2D eigenvalue weighted by atomic mass is 16.6. The Morgan fingerprint density at radius 3 is 2.81 bits per heavy atom. The van der Waals surface area contributed by atoms with E-state index < -0.39 is 0 Å². The van der Waals surface area contributed by atoms with Crippen molar-refractivity contribution in [2.75, 3.05) is 18.1 Å². The van der Waals surface area contributed by atoms with Crippen molar-refractivity contribution >= 4 is 17.4 Å². The number of carbonyl (C=O) groups is 1. The van der Waals surface area contributed by atoms with Crippen LogP contribution in [0.2, 0.25) is 0 Å². The van der Waals surface area contributed by atoms with Crippen LogP contribution in [0.25, 0.3) is 0 Å². The first-order chi connectivity index (χ1) is 15.0. The molecule has 3 aromatic rings. The minimum Gasteiger partial charge on any atom is -0.384 e. The number of aromatic nitrogens is 2. The lowest BCUT2D eigenvalue weighted by molar-refractivity contribution is -0.123. The van der Waals surface area contributed by atoms with Gasteiger partial charge in [-0.3, -0.25) is 9.48 Å². The number of rotatable bonds is 6. The van der Waals surface area contributed by atoms with E-state index in [2.05, 4.69) is 16.3 Å². The second kappa shape index (κ2) is 9.04. The zero-order chi connectivity index (χ0) is 21.8. The van der Waals surface area contributed by atoms with Crippen LogP contribution in [-0.2, 0) is 22.6 Å². The maximum absolute atomic E-state index is 12.7. The number of hydrogen-bond donors (Lipinski definition) is 1. The van der Waals surface area contributed by atoms with Gasteiger partial charge in [0, 0.05) is 23.5 Å². The zero-order valence-corrected chi connectivity index (χ0v) is 17.9. The lowest BCUT2D eigenvalue weighted by Crippen LogP contribution is -2.37. The third kappa shape index (κ3) is 4.77. The van der Waals surface area contributed by atoms with Gasteiger partial charge < -0.3 is 15.5 Å². The molecule has 2 N–H and O–H groups in total. The van der Waals surface area contributed by atoms with E-state index in [0.717, 1.165) is 41.0 Å². The van der Waals surface area contributed by atoms with Crippen LogP contribution in [0.1, 0.15) is 34.5 Å². The molecule has 0 aliphatic carbocycles. The maximum Gasteiger partial charge on any atom is 0.267 e. The molecular weight excluding hydrogens is 390 g/mol. The maximum atomic E-state index is 12.7. The van der Waals surface area contributed by atoms with E-state index in [-0.39, 0.29) is 18.3 Å². The van der Waals surface area contributed by atoms with Crippen LogP contribution in [0.5, 0.6) is 0 Å². The van der Waals surface area contributed by atoms with Gasteiger partial charge in [0.05, 0.1) is 12.2 Å². The number of benzene rings is 2. The Bertz CT molecular complexity index is 1120. The summed E-state index contributed by atoms with van der Waals surface area (Å²) < 4.78 is 1.95. The average Bonchev–Trinajstić information content (AvgIpc) is 3.09. The molecule has 1 amide bonds. The molecule has 0 fully saturated rings. The predicted molar refractivity (Wildman–Crippen MR) is 121 cm³/mol. The predicted octanol–water partition coefficient (Wildman–Crippen LogP) is 3.16. The molecule has 0 saturated heterocycles. The highest BCUT2D eigenvalue weighted by Gasteiger charge is 2.22. The van der Waals surface area contributed by atoms with Crippen LogP contribution in [0.15, 0.2) is 59.8 Å². The number of para-hydroxylation sites is 1. The number of nitrogens with two attached hydrogens (primary N) is 1. The molecule has 0 radical (unpaired) electrons. The van der Waals surface area contributed by atoms with Crippen LogP contribution in [0.4, 0.5) is 5.69 Å². The molecule has 31 heavy (non-hydrogen) atoms. The van der Waals surface area contributed by atoms with Crippen molar-refractivity contribution in [3.63, 3.8) is 0 Å². The summed E-state index contributed by atoms with van der Waals surface area (Å²) in [5.74, 6) is 0.115. The number of amidine groups is 1. The summed E-state index contributed by atoms with van der Waals surface area (Å²) in [7, 11) is 0. The molecule has 0 spiro atoms. The molecule has 7 heteroatoms. The summed E-state index contributed by atoms with van der Waals surface area (Å²) in [6.07, 6.45) is 1.93. The van der Waals surface area contributed by atoms with Gasteiger partial charge in [-0.15, -0.1) is 0 Å². The van der Waals surface area contributed by atoms with Gasteiger partial charge in [-0.1, -0.05) is 41.6 Å². The monoisotopic (exact) mass is 417 g/mol. The van der Waals surface area contributed by atoms with E-state index in [1.807, 2.05) is 67.1 Å². The number of hydrogen-bond acceptors (Lipinski definition) is 4. The van der Waals surface area contributed by atoms with E-state index in [0.29, 0.717) is 13.1 Å². The van der Waals surface area contributed by atoms with Crippen LogP contribution < -0.4 is 10.6 Å². The van der Waals surface area contributed by atoms with Gasteiger partial charge in [0.1, 0.15) is 0 Å². The fourth-order valence-electron chi connectivity index (χ4n) is 3.92. The Hall–Kier alpha value is -3.61. The number of amides is 1. The van der Waals surface area contributed by atoms with Gasteiger partial charge in [0.25, 0.3) is 5.91 Å². The molecule has 2 aromatic carbocycles. The van der Waals surface area contributed by atoms with E-state index >= 15 is 0 Å². The molecule has 2 heterocycles. The minimum atomic E-state index is -0.152. The molecule has 7 nitrogen and oxygen atoms in total. The summed E-state index contributed by atoms with van der Waals surface area (Å²) >= 11 is 0. The van der Waals surface area contributed by atoms with Gasteiger partial charge in [-0.05, 0) is 56.0 Å². The van der Waals surface area contributed by atoms with Crippen molar-refractivity contribution in [2.24, 2.45) is 10.9 Å². The fourth-order valence-corrected chi connectivity index (χ4v) is 3.92. The van der Waals surface area contributed by atoms with Crippen molar-refractivity contribution in [1.82, 2.24) is 9.78 Å². The molecule has 160 valence electrons. The highest BCUT2D eigenvalue weighted by Crippen LogP contribution is 2.26. The van der Waals surface area contributed by atoms with E-state index in [1.165, 1.54) is 5.56 Å². The summed E-state index contributed by atoms with van der Waals surface area (Å²) in [5.41, 5.74) is 12.1. The Morgan fingerprint density at radius 2 is 2.00 bits per heavy atom. The second-order valence-corrected chi connectivity index (χ2v) is 7.81. The Morgan fingerprint density at radius 1 is 1.16 bits per heavy atom. The number of fused-ring (bicyclic) bond motifs is 1. The van der Waals surface area contributed by atoms with Crippen molar-refractivity contribution in [2.45, 2.75) is 33.2 Å². The standard InChI is InChI=1S/C24H27N5O2/c1-17-13-18(2)29(26-17)15-19-7-5-9-21(14-19)24(25)27-31-16-23(30)28-12-6-10-20-8-3-4-11-22(20)28/h3-5,7-9,11,13-14H,6,10,12,15-16H2,1-2H3,(H2,25,27). The summed E-state index contributed by atoms with van der Waals surface area (Å²) in [6, 6.07) is 17.8. The molecule has 0 bridgehead atoms.